The van der Waals surface area contributed by atoms with Gasteiger partial charge in [0.15, 0.2) is 0 Å². The van der Waals surface area contributed by atoms with Crippen molar-refractivity contribution in [3.05, 3.63) is 0 Å². The van der Waals surface area contributed by atoms with E-state index in [9.17, 15) is 0 Å². The molecule has 0 aromatic carbocycles. The van der Waals surface area contributed by atoms with Gasteiger partial charge in [-0.15, -0.1) is 0 Å². The van der Waals surface area contributed by atoms with Crippen molar-refractivity contribution >= 4 is 0 Å². The summed E-state index contributed by atoms with van der Waals surface area (Å²) in [5.41, 5.74) is 0. The number of nitrogens with zero attached hydrogens (tertiary/aromatic N) is 1. The maximum atomic E-state index is 5.42. The second-order valence-corrected chi connectivity index (χ2v) is 3.27. The van der Waals surface area contributed by atoms with Gasteiger partial charge in [-0.25, -0.2) is 0 Å². The summed E-state index contributed by atoms with van der Waals surface area (Å²) in [5.74, 6) is 0. The topological polar surface area (TPSA) is 12.5 Å². The number of rotatable bonds is 1. The van der Waals surface area contributed by atoms with Crippen LogP contribution in [0, 0.1) is 0 Å². The van der Waals surface area contributed by atoms with E-state index in [1.807, 2.05) is 0 Å². The van der Waals surface area contributed by atoms with Crippen LogP contribution in [0.4, 0.5) is 0 Å². The van der Waals surface area contributed by atoms with Crippen LogP contribution >= 0.6 is 0 Å². The van der Waals surface area contributed by atoms with E-state index in [1.54, 1.807) is 0 Å². The Balaban J connectivity index is 2.32. The van der Waals surface area contributed by atoms with Gasteiger partial charge in [0.25, 0.3) is 0 Å². The molecule has 0 N–H and O–H groups in total. The fourth-order valence-corrected chi connectivity index (χ4v) is 1.31. The first-order valence-electron chi connectivity index (χ1n) is 4.06. The maximum Gasteiger partial charge on any atom is 0.0674 e. The molecule has 0 spiro atoms. The van der Waals surface area contributed by atoms with E-state index in [4.69, 9.17) is 4.74 Å². The SMILES string of the molecule is CC1CN(C(C)C)CCO1. The van der Waals surface area contributed by atoms with Gasteiger partial charge in [-0.3, -0.25) is 4.90 Å². The quantitative estimate of drug-likeness (QED) is 0.545. The van der Waals surface area contributed by atoms with Crippen molar-refractivity contribution < 1.29 is 4.74 Å². The zero-order valence-corrected chi connectivity index (χ0v) is 7.13. The van der Waals surface area contributed by atoms with Crippen molar-refractivity contribution in [2.75, 3.05) is 19.7 Å². The zero-order valence-electron chi connectivity index (χ0n) is 7.13. The minimum atomic E-state index is 0.427. The van der Waals surface area contributed by atoms with Crippen LogP contribution in [0.5, 0.6) is 0 Å². The summed E-state index contributed by atoms with van der Waals surface area (Å²) < 4.78 is 5.42. The van der Waals surface area contributed by atoms with Crippen LogP contribution in [-0.2, 0) is 4.74 Å². The van der Waals surface area contributed by atoms with Crippen molar-refractivity contribution in [2.24, 2.45) is 0 Å². The van der Waals surface area contributed by atoms with Crippen molar-refractivity contribution in [1.82, 2.24) is 4.90 Å². The molecule has 0 aromatic heterocycles. The minimum Gasteiger partial charge on any atom is -0.376 e. The molecule has 2 heteroatoms. The predicted molar refractivity (Wildman–Crippen MR) is 42.1 cm³/mol. The Hall–Kier alpha value is -0.0800. The molecule has 1 heterocycles. The lowest BCUT2D eigenvalue weighted by molar-refractivity contribution is -0.0288. The van der Waals surface area contributed by atoms with Gasteiger partial charge in [0, 0.05) is 19.1 Å². The van der Waals surface area contributed by atoms with E-state index in [0.29, 0.717) is 12.1 Å². The fourth-order valence-electron chi connectivity index (χ4n) is 1.31. The molecule has 1 unspecified atom stereocenters. The minimum absolute atomic E-state index is 0.427. The Morgan fingerprint density at radius 2 is 2.20 bits per heavy atom. The lowest BCUT2D eigenvalue weighted by atomic mass is 10.2. The first-order chi connectivity index (χ1) is 4.70. The van der Waals surface area contributed by atoms with Gasteiger partial charge in [-0.1, -0.05) is 0 Å². The molecule has 1 saturated heterocycles. The Kier molecular flexibility index (Phi) is 2.69. The summed E-state index contributed by atoms with van der Waals surface area (Å²) in [6.45, 7) is 9.70. The van der Waals surface area contributed by atoms with Gasteiger partial charge in [0.1, 0.15) is 0 Å². The third-order valence-corrected chi connectivity index (χ3v) is 2.00. The highest BCUT2D eigenvalue weighted by Crippen LogP contribution is 2.07. The summed E-state index contributed by atoms with van der Waals surface area (Å²) in [4.78, 5) is 2.45. The van der Waals surface area contributed by atoms with Crippen LogP contribution in [0.2, 0.25) is 0 Å². The van der Waals surface area contributed by atoms with Gasteiger partial charge < -0.3 is 4.74 Å². The second kappa shape index (κ2) is 3.35. The summed E-state index contributed by atoms with van der Waals surface area (Å²) in [5, 5.41) is 0. The van der Waals surface area contributed by atoms with Crippen LogP contribution in [-0.4, -0.2) is 36.7 Å². The van der Waals surface area contributed by atoms with E-state index < -0.39 is 0 Å². The monoisotopic (exact) mass is 143 g/mol. The fraction of sp³-hybridized carbons (Fsp3) is 1.00. The highest BCUT2D eigenvalue weighted by Gasteiger charge is 2.17. The van der Waals surface area contributed by atoms with Crippen LogP contribution in [0.1, 0.15) is 20.8 Å². The smallest absolute Gasteiger partial charge is 0.0674 e. The van der Waals surface area contributed by atoms with Gasteiger partial charge in [-0.2, -0.15) is 0 Å². The van der Waals surface area contributed by atoms with Crippen LogP contribution in [0.25, 0.3) is 0 Å². The normalized spacial score (nSPS) is 29.4. The Morgan fingerprint density at radius 3 is 2.60 bits per heavy atom. The molecule has 0 aromatic rings. The van der Waals surface area contributed by atoms with Crippen molar-refractivity contribution in [2.45, 2.75) is 32.9 Å². The molecule has 1 fully saturated rings. The van der Waals surface area contributed by atoms with Gasteiger partial charge in [0.05, 0.1) is 12.7 Å². The molecule has 60 valence electrons. The lowest BCUT2D eigenvalue weighted by Crippen LogP contribution is -2.44. The molecular weight excluding hydrogens is 126 g/mol. The third kappa shape index (κ3) is 1.96. The maximum absolute atomic E-state index is 5.42. The molecule has 1 aliphatic rings. The van der Waals surface area contributed by atoms with E-state index in [2.05, 4.69) is 25.7 Å². The van der Waals surface area contributed by atoms with Crippen molar-refractivity contribution in [3.8, 4) is 0 Å². The van der Waals surface area contributed by atoms with E-state index in [-0.39, 0.29) is 0 Å². The molecule has 1 aliphatic heterocycles. The van der Waals surface area contributed by atoms with Crippen molar-refractivity contribution in [1.29, 1.82) is 0 Å². The third-order valence-electron chi connectivity index (χ3n) is 2.00. The molecule has 1 rings (SSSR count). The first-order valence-corrected chi connectivity index (χ1v) is 4.06. The summed E-state index contributed by atoms with van der Waals surface area (Å²) >= 11 is 0. The van der Waals surface area contributed by atoms with E-state index >= 15 is 0 Å². The van der Waals surface area contributed by atoms with Crippen LogP contribution < -0.4 is 0 Å². The molecule has 0 amide bonds. The predicted octanol–water partition coefficient (Wildman–Crippen LogP) is 1.12. The van der Waals surface area contributed by atoms with Gasteiger partial charge in [-0.05, 0) is 20.8 Å². The average Bonchev–Trinajstić information content (AvgIpc) is 1.88. The highest BCUT2D eigenvalue weighted by molar-refractivity contribution is 4.70. The molecule has 1 atom stereocenters. The molecule has 2 nitrogen and oxygen atoms in total. The largest absolute Gasteiger partial charge is 0.376 e. The Labute approximate surface area is 63.2 Å². The first kappa shape index (κ1) is 8.02. The molecular formula is C8H17NO. The molecule has 0 aliphatic carbocycles. The summed E-state index contributed by atoms with van der Waals surface area (Å²) in [6, 6.07) is 0.673. The zero-order chi connectivity index (χ0) is 7.56. The van der Waals surface area contributed by atoms with Crippen molar-refractivity contribution in [3.63, 3.8) is 0 Å². The number of morpholine rings is 1. The molecule has 0 radical (unpaired) electrons. The second-order valence-electron chi connectivity index (χ2n) is 3.27. The number of ether oxygens (including phenoxy) is 1. The van der Waals surface area contributed by atoms with E-state index in [0.717, 1.165) is 19.7 Å². The summed E-state index contributed by atoms with van der Waals surface area (Å²) in [7, 11) is 0. The number of hydrogen-bond donors (Lipinski definition) is 0. The van der Waals surface area contributed by atoms with E-state index in [1.165, 1.54) is 0 Å². The number of hydrogen-bond acceptors (Lipinski definition) is 2. The molecule has 0 bridgehead atoms. The summed E-state index contributed by atoms with van der Waals surface area (Å²) in [6.07, 6.45) is 0.427. The molecule has 0 saturated carbocycles. The lowest BCUT2D eigenvalue weighted by Gasteiger charge is -2.33. The van der Waals surface area contributed by atoms with Crippen LogP contribution in [0.3, 0.4) is 0 Å². The van der Waals surface area contributed by atoms with Gasteiger partial charge >= 0.3 is 0 Å². The highest BCUT2D eigenvalue weighted by atomic mass is 16.5. The molecule has 10 heavy (non-hydrogen) atoms. The van der Waals surface area contributed by atoms with Gasteiger partial charge in [0.2, 0.25) is 0 Å². The Morgan fingerprint density at radius 1 is 1.50 bits per heavy atom. The van der Waals surface area contributed by atoms with Crippen LogP contribution in [0.15, 0.2) is 0 Å². The average molecular weight is 143 g/mol. The standard InChI is InChI=1S/C8H17NO/c1-7(2)9-4-5-10-8(3)6-9/h7-8H,4-6H2,1-3H3. The Bertz CT molecular complexity index is 103.